The minimum absolute atomic E-state index is 0.0251. The maximum atomic E-state index is 10.4. The van der Waals surface area contributed by atoms with Crippen molar-refractivity contribution >= 4 is 5.97 Å². The fourth-order valence-corrected chi connectivity index (χ4v) is 0.567. The Morgan fingerprint density at radius 2 is 2.64 bits per heavy atom. The van der Waals surface area contributed by atoms with E-state index < -0.39 is 13.0 Å². The van der Waals surface area contributed by atoms with Crippen LogP contribution in [0.1, 0.15) is 14.5 Å². The summed E-state index contributed by atoms with van der Waals surface area (Å²) in [6.07, 6.45) is 1.03. The molecule has 58 valence electrons. The number of pyridine rings is 1. The second-order valence-corrected chi connectivity index (χ2v) is 1.79. The number of ether oxygens (including phenoxy) is 1. The highest BCUT2D eigenvalue weighted by Crippen LogP contribution is 2.05. The number of nitrogens with zero attached hydrogens (tertiary/aromatic N) is 1. The molecule has 1 heterocycles. The summed E-state index contributed by atoms with van der Waals surface area (Å²) in [7, 11) is -2.57. The van der Waals surface area contributed by atoms with E-state index in [0.717, 1.165) is 6.20 Å². The summed E-state index contributed by atoms with van der Waals surface area (Å²) >= 11 is 0. The number of carbonyl (C=O) groups is 1. The summed E-state index contributed by atoms with van der Waals surface area (Å²) in [6, 6.07) is 2.41. The summed E-state index contributed by atoms with van der Waals surface area (Å²) < 4.78 is 24.7. The lowest BCUT2D eigenvalue weighted by molar-refractivity contribution is 0.0696. The molecule has 0 amide bonds. The largest absolute Gasteiger partial charge is 0.481 e. The molecular weight excluding hydrogens is 146 g/mol. The number of rotatable bonds is 2. The van der Waals surface area contributed by atoms with Gasteiger partial charge in [-0.1, -0.05) is 0 Å². The standard InChI is InChI=1S/C7H7NO3/c1-11-6-3-2-5(4-8-6)7(9)10/h2-4H,1H3,(H,9,10)/i1D3. The quantitative estimate of drug-likeness (QED) is 0.687. The van der Waals surface area contributed by atoms with E-state index in [9.17, 15) is 4.79 Å². The molecule has 0 atom stereocenters. The molecule has 0 fully saturated rings. The Morgan fingerprint density at radius 1 is 1.82 bits per heavy atom. The maximum absolute atomic E-state index is 10.4. The molecule has 0 radical (unpaired) electrons. The van der Waals surface area contributed by atoms with Crippen molar-refractivity contribution < 1.29 is 18.8 Å². The minimum Gasteiger partial charge on any atom is -0.481 e. The van der Waals surface area contributed by atoms with Crippen LogP contribution in [0.5, 0.6) is 5.88 Å². The molecule has 0 saturated heterocycles. The summed E-state index contributed by atoms with van der Waals surface area (Å²) in [5.74, 6) is -1.26. The molecule has 1 aromatic heterocycles. The fourth-order valence-electron chi connectivity index (χ4n) is 0.567. The molecule has 0 aliphatic carbocycles. The Labute approximate surface area is 67.7 Å². The van der Waals surface area contributed by atoms with Gasteiger partial charge in [0.1, 0.15) is 0 Å². The highest BCUT2D eigenvalue weighted by Gasteiger charge is 2.01. The third-order valence-corrected chi connectivity index (χ3v) is 1.09. The molecular formula is C7H7NO3. The van der Waals surface area contributed by atoms with Gasteiger partial charge in [-0.3, -0.25) is 0 Å². The summed E-state index contributed by atoms with van der Waals surface area (Å²) in [4.78, 5) is 13.9. The van der Waals surface area contributed by atoms with Gasteiger partial charge in [0.25, 0.3) is 0 Å². The van der Waals surface area contributed by atoms with Crippen LogP contribution < -0.4 is 4.74 Å². The molecule has 0 aliphatic rings. The molecule has 0 saturated carbocycles. The van der Waals surface area contributed by atoms with Gasteiger partial charge in [0.05, 0.1) is 16.7 Å². The van der Waals surface area contributed by atoms with Crippen LogP contribution in [0.3, 0.4) is 0 Å². The Kier molecular flexibility index (Phi) is 1.18. The van der Waals surface area contributed by atoms with Crippen LogP contribution in [0, 0.1) is 0 Å². The van der Waals surface area contributed by atoms with Crippen LogP contribution in [0.15, 0.2) is 18.3 Å². The Hall–Kier alpha value is -1.58. The molecule has 4 heteroatoms. The molecule has 11 heavy (non-hydrogen) atoms. The molecule has 0 bridgehead atoms. The lowest BCUT2D eigenvalue weighted by atomic mass is 10.3. The van der Waals surface area contributed by atoms with Crippen molar-refractivity contribution in [3.63, 3.8) is 0 Å². The first kappa shape index (κ1) is 4.33. The number of hydrogen-bond donors (Lipinski definition) is 1. The number of carboxylic acids is 1. The topological polar surface area (TPSA) is 59.4 Å². The monoisotopic (exact) mass is 156 g/mol. The van der Waals surface area contributed by atoms with Crippen molar-refractivity contribution in [1.29, 1.82) is 0 Å². The van der Waals surface area contributed by atoms with E-state index in [2.05, 4.69) is 9.72 Å². The molecule has 1 rings (SSSR count). The predicted octanol–water partition coefficient (Wildman–Crippen LogP) is 0.788. The first-order valence-electron chi connectivity index (χ1n) is 4.27. The zero-order valence-corrected chi connectivity index (χ0v) is 5.44. The molecule has 0 spiro atoms. The molecule has 0 unspecified atom stereocenters. The van der Waals surface area contributed by atoms with Crippen LogP contribution in [-0.2, 0) is 0 Å². The van der Waals surface area contributed by atoms with E-state index in [4.69, 9.17) is 9.22 Å². The predicted molar refractivity (Wildman–Crippen MR) is 37.7 cm³/mol. The highest BCUT2D eigenvalue weighted by molar-refractivity contribution is 5.87. The minimum atomic E-state index is -2.57. The van der Waals surface area contributed by atoms with Crippen molar-refractivity contribution in [3.05, 3.63) is 23.9 Å². The summed E-state index contributed by atoms with van der Waals surface area (Å²) in [5.41, 5.74) is -0.0251. The first-order valence-corrected chi connectivity index (χ1v) is 2.77. The second-order valence-electron chi connectivity index (χ2n) is 1.79. The SMILES string of the molecule is [2H]C([2H])([2H])Oc1ccc(C(=O)O)cn1. The van der Waals surface area contributed by atoms with Gasteiger partial charge in [-0.05, 0) is 6.07 Å². The fraction of sp³-hybridized carbons (Fsp3) is 0.143. The Morgan fingerprint density at radius 3 is 3.09 bits per heavy atom. The average molecular weight is 156 g/mol. The Bertz CT molecular complexity index is 333. The van der Waals surface area contributed by atoms with Gasteiger partial charge in [-0.2, -0.15) is 0 Å². The van der Waals surface area contributed by atoms with Crippen molar-refractivity contribution in [1.82, 2.24) is 4.98 Å². The number of methoxy groups -OCH3 is 1. The molecule has 1 N–H and O–H groups in total. The maximum Gasteiger partial charge on any atom is 0.337 e. The van der Waals surface area contributed by atoms with Gasteiger partial charge >= 0.3 is 5.97 Å². The molecule has 4 nitrogen and oxygen atoms in total. The van der Waals surface area contributed by atoms with E-state index in [0.29, 0.717) is 0 Å². The van der Waals surface area contributed by atoms with E-state index in [-0.39, 0.29) is 11.4 Å². The lowest BCUT2D eigenvalue weighted by Crippen LogP contribution is -1.97. The molecule has 0 aromatic carbocycles. The number of hydrogen-bond acceptors (Lipinski definition) is 3. The molecule has 1 aromatic rings. The van der Waals surface area contributed by atoms with Crippen LogP contribution in [-0.4, -0.2) is 23.1 Å². The van der Waals surface area contributed by atoms with Crippen LogP contribution in [0.25, 0.3) is 0 Å². The van der Waals surface area contributed by atoms with Gasteiger partial charge in [-0.25, -0.2) is 9.78 Å². The van der Waals surface area contributed by atoms with E-state index >= 15 is 0 Å². The Balaban J connectivity index is 2.79. The zero-order chi connectivity index (χ0) is 10.8. The smallest absolute Gasteiger partial charge is 0.337 e. The third-order valence-electron chi connectivity index (χ3n) is 1.09. The summed E-state index contributed by atoms with van der Waals surface area (Å²) in [5, 5.41) is 8.52. The third kappa shape index (κ3) is 1.67. The average Bonchev–Trinajstić information content (AvgIpc) is 2.02. The van der Waals surface area contributed by atoms with Gasteiger partial charge in [0.2, 0.25) is 5.88 Å². The van der Waals surface area contributed by atoms with Crippen molar-refractivity contribution in [2.45, 2.75) is 0 Å². The normalized spacial score (nSPS) is 14.4. The lowest BCUT2D eigenvalue weighted by Gasteiger charge is -1.96. The van der Waals surface area contributed by atoms with Crippen molar-refractivity contribution in [2.75, 3.05) is 7.04 Å². The second kappa shape index (κ2) is 3.01. The number of carboxylic acid groups (broad SMARTS) is 1. The van der Waals surface area contributed by atoms with Gasteiger partial charge < -0.3 is 9.84 Å². The van der Waals surface area contributed by atoms with E-state index in [1.54, 1.807) is 0 Å². The first-order chi connectivity index (χ1) is 6.38. The zero-order valence-electron chi connectivity index (χ0n) is 8.44. The van der Waals surface area contributed by atoms with Gasteiger partial charge in [0, 0.05) is 12.3 Å². The van der Waals surface area contributed by atoms with E-state index in [1.165, 1.54) is 12.1 Å². The number of aromatic carboxylic acids is 1. The highest BCUT2D eigenvalue weighted by atomic mass is 16.5. The van der Waals surface area contributed by atoms with Crippen molar-refractivity contribution in [2.24, 2.45) is 0 Å². The molecule has 0 aliphatic heterocycles. The number of aromatic nitrogens is 1. The van der Waals surface area contributed by atoms with Crippen molar-refractivity contribution in [3.8, 4) is 5.88 Å². The van der Waals surface area contributed by atoms with Gasteiger partial charge in [0.15, 0.2) is 0 Å². The van der Waals surface area contributed by atoms with Crippen LogP contribution in [0.2, 0.25) is 0 Å². The van der Waals surface area contributed by atoms with Crippen LogP contribution >= 0.6 is 0 Å². The van der Waals surface area contributed by atoms with Gasteiger partial charge in [-0.15, -0.1) is 0 Å². The van der Waals surface area contributed by atoms with Crippen LogP contribution in [0.4, 0.5) is 0 Å². The summed E-state index contributed by atoms with van der Waals surface area (Å²) in [6.45, 7) is 0. The van der Waals surface area contributed by atoms with E-state index in [1.807, 2.05) is 0 Å².